The molecular formula is C14H22N4O. The Kier molecular flexibility index (Phi) is 4.74. The number of nitrogens with one attached hydrogen (secondary N) is 2. The Balaban J connectivity index is 2.00. The van der Waals surface area contributed by atoms with Gasteiger partial charge in [0.25, 0.3) is 5.91 Å². The fraction of sp³-hybridized carbons (Fsp3) is 0.571. The summed E-state index contributed by atoms with van der Waals surface area (Å²) in [6.45, 7) is 2.21. The fourth-order valence-corrected chi connectivity index (χ4v) is 2.76. The molecule has 1 saturated carbocycles. The quantitative estimate of drug-likeness (QED) is 0.573. The Labute approximate surface area is 114 Å². The van der Waals surface area contributed by atoms with E-state index < -0.39 is 0 Å². The molecule has 5 nitrogen and oxygen atoms in total. The Morgan fingerprint density at radius 2 is 2.37 bits per heavy atom. The van der Waals surface area contributed by atoms with Crippen molar-refractivity contribution in [3.8, 4) is 0 Å². The van der Waals surface area contributed by atoms with E-state index in [1.165, 1.54) is 19.3 Å². The molecule has 2 atom stereocenters. The number of carbonyl (C=O) groups is 1. The predicted molar refractivity (Wildman–Crippen MR) is 75.6 cm³/mol. The second-order valence-electron chi connectivity index (χ2n) is 5.16. The minimum Gasteiger partial charge on any atom is -0.349 e. The van der Waals surface area contributed by atoms with Gasteiger partial charge < -0.3 is 10.7 Å². The number of nitrogen functional groups attached to an aromatic ring is 1. The number of anilines is 1. The molecule has 0 bridgehead atoms. The van der Waals surface area contributed by atoms with Gasteiger partial charge in [-0.25, -0.2) is 10.8 Å². The minimum atomic E-state index is -0.0946. The van der Waals surface area contributed by atoms with Crippen LogP contribution in [0.4, 0.5) is 5.82 Å². The van der Waals surface area contributed by atoms with Gasteiger partial charge in [-0.05, 0) is 30.9 Å². The second-order valence-corrected chi connectivity index (χ2v) is 5.16. The Hall–Kier alpha value is -1.62. The molecule has 0 aromatic carbocycles. The summed E-state index contributed by atoms with van der Waals surface area (Å²) in [6, 6.07) is 3.75. The summed E-state index contributed by atoms with van der Waals surface area (Å²) >= 11 is 0. The van der Waals surface area contributed by atoms with Crippen molar-refractivity contribution in [2.24, 2.45) is 11.8 Å². The average Bonchev–Trinajstić information content (AvgIpc) is 2.47. The van der Waals surface area contributed by atoms with Crippen LogP contribution < -0.4 is 16.6 Å². The van der Waals surface area contributed by atoms with Crippen molar-refractivity contribution in [2.45, 2.75) is 45.1 Å². The maximum atomic E-state index is 12.2. The molecule has 1 amide bonds. The van der Waals surface area contributed by atoms with Gasteiger partial charge in [-0.3, -0.25) is 4.79 Å². The summed E-state index contributed by atoms with van der Waals surface area (Å²) in [5.41, 5.74) is 2.97. The summed E-state index contributed by atoms with van der Waals surface area (Å²) in [7, 11) is 0. The van der Waals surface area contributed by atoms with Gasteiger partial charge in [-0.2, -0.15) is 0 Å². The Bertz CT molecular complexity index is 435. The number of hydrogen-bond donors (Lipinski definition) is 3. The van der Waals surface area contributed by atoms with E-state index in [1.54, 1.807) is 18.3 Å². The summed E-state index contributed by atoms with van der Waals surface area (Å²) in [4.78, 5) is 16.3. The van der Waals surface area contributed by atoms with Gasteiger partial charge in [0.1, 0.15) is 0 Å². The SMILES string of the molecule is CCC1CCCC(NC(=O)c2cccnc2NN)C1. The normalized spacial score (nSPS) is 22.8. The van der Waals surface area contributed by atoms with Gasteiger partial charge in [0.05, 0.1) is 5.56 Å². The van der Waals surface area contributed by atoms with Gasteiger partial charge in [0.2, 0.25) is 0 Å². The largest absolute Gasteiger partial charge is 0.349 e. The molecule has 19 heavy (non-hydrogen) atoms. The van der Waals surface area contributed by atoms with Crippen LogP contribution in [0.5, 0.6) is 0 Å². The minimum absolute atomic E-state index is 0.0946. The van der Waals surface area contributed by atoms with E-state index in [2.05, 4.69) is 22.7 Å². The smallest absolute Gasteiger partial charge is 0.255 e. The summed E-state index contributed by atoms with van der Waals surface area (Å²) in [5.74, 6) is 6.43. The fourth-order valence-electron chi connectivity index (χ4n) is 2.76. The number of amides is 1. The highest BCUT2D eigenvalue weighted by atomic mass is 16.1. The van der Waals surface area contributed by atoms with Crippen molar-refractivity contribution in [2.75, 3.05) is 5.43 Å². The molecule has 104 valence electrons. The van der Waals surface area contributed by atoms with Crippen LogP contribution in [-0.2, 0) is 0 Å². The number of carbonyl (C=O) groups excluding carboxylic acids is 1. The molecule has 0 saturated heterocycles. The average molecular weight is 262 g/mol. The number of rotatable bonds is 4. The summed E-state index contributed by atoms with van der Waals surface area (Å²) in [5, 5.41) is 3.10. The van der Waals surface area contributed by atoms with E-state index in [9.17, 15) is 4.79 Å². The van der Waals surface area contributed by atoms with Crippen LogP contribution in [0.25, 0.3) is 0 Å². The van der Waals surface area contributed by atoms with Crippen molar-refractivity contribution in [3.63, 3.8) is 0 Å². The van der Waals surface area contributed by atoms with Crippen molar-refractivity contribution < 1.29 is 4.79 Å². The first-order chi connectivity index (χ1) is 9.24. The molecule has 1 aromatic rings. The molecule has 1 aliphatic carbocycles. The van der Waals surface area contributed by atoms with Crippen LogP contribution in [0.3, 0.4) is 0 Å². The lowest BCUT2D eigenvalue weighted by Crippen LogP contribution is -2.38. The molecule has 1 aromatic heterocycles. The first-order valence-corrected chi connectivity index (χ1v) is 6.97. The third-order valence-corrected chi connectivity index (χ3v) is 3.88. The van der Waals surface area contributed by atoms with Crippen LogP contribution in [0.15, 0.2) is 18.3 Å². The molecule has 1 heterocycles. The lowest BCUT2D eigenvalue weighted by atomic mass is 9.84. The molecule has 4 N–H and O–H groups in total. The van der Waals surface area contributed by atoms with Gasteiger partial charge in [-0.15, -0.1) is 0 Å². The molecule has 0 radical (unpaired) electrons. The highest BCUT2D eigenvalue weighted by Gasteiger charge is 2.23. The monoisotopic (exact) mass is 262 g/mol. The van der Waals surface area contributed by atoms with Crippen LogP contribution in [0.2, 0.25) is 0 Å². The van der Waals surface area contributed by atoms with Gasteiger partial charge in [0, 0.05) is 12.2 Å². The molecule has 0 aliphatic heterocycles. The molecule has 5 heteroatoms. The molecular weight excluding hydrogens is 240 g/mol. The maximum Gasteiger partial charge on any atom is 0.255 e. The number of hydrogen-bond acceptors (Lipinski definition) is 4. The van der Waals surface area contributed by atoms with Crippen molar-refractivity contribution >= 4 is 11.7 Å². The van der Waals surface area contributed by atoms with E-state index in [0.717, 1.165) is 18.8 Å². The standard InChI is InChI=1S/C14H22N4O/c1-2-10-5-3-6-11(9-10)17-14(19)12-7-4-8-16-13(12)18-15/h4,7-8,10-11H,2-3,5-6,9,15H2,1H3,(H,16,18)(H,17,19). The number of nitrogens with two attached hydrogens (primary N) is 1. The highest BCUT2D eigenvalue weighted by Crippen LogP contribution is 2.26. The van der Waals surface area contributed by atoms with Gasteiger partial charge in [-0.1, -0.05) is 26.2 Å². The number of aromatic nitrogens is 1. The lowest BCUT2D eigenvalue weighted by molar-refractivity contribution is 0.0919. The lowest BCUT2D eigenvalue weighted by Gasteiger charge is -2.29. The molecule has 1 fully saturated rings. The maximum absolute atomic E-state index is 12.2. The zero-order valence-corrected chi connectivity index (χ0v) is 11.4. The molecule has 2 rings (SSSR count). The first-order valence-electron chi connectivity index (χ1n) is 6.97. The Morgan fingerprint density at radius 3 is 3.11 bits per heavy atom. The van der Waals surface area contributed by atoms with Gasteiger partial charge >= 0.3 is 0 Å². The number of pyridine rings is 1. The third-order valence-electron chi connectivity index (χ3n) is 3.88. The van der Waals surface area contributed by atoms with Crippen molar-refractivity contribution in [3.05, 3.63) is 23.9 Å². The van der Waals surface area contributed by atoms with Crippen LogP contribution in [0, 0.1) is 5.92 Å². The first kappa shape index (κ1) is 13.8. The molecule has 2 unspecified atom stereocenters. The second kappa shape index (κ2) is 6.52. The topological polar surface area (TPSA) is 80.0 Å². The molecule has 1 aliphatic rings. The van der Waals surface area contributed by atoms with Crippen molar-refractivity contribution in [1.82, 2.24) is 10.3 Å². The van der Waals surface area contributed by atoms with Gasteiger partial charge in [0.15, 0.2) is 5.82 Å². The zero-order valence-electron chi connectivity index (χ0n) is 11.4. The van der Waals surface area contributed by atoms with Crippen LogP contribution >= 0.6 is 0 Å². The third kappa shape index (κ3) is 3.44. The summed E-state index contributed by atoms with van der Waals surface area (Å²) in [6.07, 6.45) is 7.42. The van der Waals surface area contributed by atoms with E-state index in [1.807, 2.05) is 0 Å². The van der Waals surface area contributed by atoms with Crippen molar-refractivity contribution in [1.29, 1.82) is 0 Å². The molecule has 0 spiro atoms. The van der Waals surface area contributed by atoms with E-state index in [4.69, 9.17) is 5.84 Å². The van der Waals surface area contributed by atoms with E-state index >= 15 is 0 Å². The number of hydrazine groups is 1. The van der Waals surface area contributed by atoms with Crippen LogP contribution in [0.1, 0.15) is 49.4 Å². The van der Waals surface area contributed by atoms with E-state index in [-0.39, 0.29) is 11.9 Å². The van der Waals surface area contributed by atoms with Crippen LogP contribution in [-0.4, -0.2) is 16.9 Å². The summed E-state index contributed by atoms with van der Waals surface area (Å²) < 4.78 is 0. The predicted octanol–water partition coefficient (Wildman–Crippen LogP) is 2.07. The highest BCUT2D eigenvalue weighted by molar-refractivity contribution is 5.98. The number of nitrogens with zero attached hydrogens (tertiary/aromatic N) is 1. The zero-order chi connectivity index (χ0) is 13.7. The van der Waals surface area contributed by atoms with E-state index in [0.29, 0.717) is 11.4 Å². The Morgan fingerprint density at radius 1 is 1.53 bits per heavy atom.